The fourth-order valence-corrected chi connectivity index (χ4v) is 3.74. The van der Waals surface area contributed by atoms with Gasteiger partial charge in [-0.05, 0) is 55.6 Å². The van der Waals surface area contributed by atoms with Crippen LogP contribution in [0, 0.1) is 0 Å². The fourth-order valence-electron chi connectivity index (χ4n) is 3.74. The summed E-state index contributed by atoms with van der Waals surface area (Å²) in [5.41, 5.74) is 5.43. The van der Waals surface area contributed by atoms with Crippen LogP contribution in [0.15, 0.2) is 48.5 Å². The van der Waals surface area contributed by atoms with E-state index in [1.807, 2.05) is 0 Å². The Hall–Kier alpha value is -1.80. The van der Waals surface area contributed by atoms with Gasteiger partial charge < -0.3 is 5.32 Å². The van der Waals surface area contributed by atoms with Crippen molar-refractivity contribution in [1.82, 2.24) is 4.90 Å². The molecule has 0 amide bonds. The average Bonchev–Trinajstić information content (AvgIpc) is 2.72. The first-order chi connectivity index (χ1) is 10.4. The number of likely N-dealkylation sites (tertiary alicyclic amines) is 1. The maximum absolute atomic E-state index is 3.65. The number of rotatable bonds is 1. The minimum absolute atomic E-state index is 0.512. The molecular weight excluding hydrogens is 256 g/mol. The molecule has 0 aromatic heterocycles. The third-order valence-corrected chi connectivity index (χ3v) is 4.85. The van der Waals surface area contributed by atoms with Gasteiger partial charge >= 0.3 is 0 Å². The predicted molar refractivity (Wildman–Crippen MR) is 88.0 cm³/mol. The van der Waals surface area contributed by atoms with Crippen molar-refractivity contribution in [3.8, 4) is 0 Å². The summed E-state index contributed by atoms with van der Waals surface area (Å²) < 4.78 is 0. The topological polar surface area (TPSA) is 15.3 Å². The summed E-state index contributed by atoms with van der Waals surface area (Å²) in [7, 11) is 0. The predicted octanol–water partition coefficient (Wildman–Crippen LogP) is 4.51. The molecule has 2 heteroatoms. The zero-order chi connectivity index (χ0) is 14.1. The molecule has 0 unspecified atom stereocenters. The van der Waals surface area contributed by atoms with Crippen molar-refractivity contribution in [3.63, 3.8) is 0 Å². The van der Waals surface area contributed by atoms with E-state index in [4.69, 9.17) is 0 Å². The van der Waals surface area contributed by atoms with E-state index in [0.29, 0.717) is 6.04 Å². The van der Waals surface area contributed by atoms with Gasteiger partial charge in [0, 0.05) is 17.4 Å². The maximum atomic E-state index is 3.65. The van der Waals surface area contributed by atoms with Crippen LogP contribution in [0.1, 0.15) is 36.4 Å². The lowest BCUT2D eigenvalue weighted by Crippen LogP contribution is -2.34. The Morgan fingerprint density at radius 2 is 1.52 bits per heavy atom. The van der Waals surface area contributed by atoms with Gasteiger partial charge in [0.1, 0.15) is 0 Å². The number of nitrogens with zero attached hydrogens (tertiary/aromatic N) is 1. The van der Waals surface area contributed by atoms with Crippen molar-refractivity contribution >= 4 is 11.4 Å². The lowest BCUT2D eigenvalue weighted by molar-refractivity contribution is 0.163. The summed E-state index contributed by atoms with van der Waals surface area (Å²) in [5.74, 6) is 0. The second-order valence-corrected chi connectivity index (χ2v) is 6.19. The Balaban J connectivity index is 1.78. The molecular formula is C19H22N2. The first kappa shape index (κ1) is 12.9. The van der Waals surface area contributed by atoms with Crippen LogP contribution in [0.2, 0.25) is 0 Å². The van der Waals surface area contributed by atoms with Crippen LogP contribution < -0.4 is 5.32 Å². The maximum Gasteiger partial charge on any atom is 0.0433 e. The molecule has 108 valence electrons. The highest BCUT2D eigenvalue weighted by molar-refractivity contribution is 5.69. The van der Waals surface area contributed by atoms with Crippen LogP contribution in [0.25, 0.3) is 0 Å². The molecule has 0 bridgehead atoms. The monoisotopic (exact) mass is 278 g/mol. The highest BCUT2D eigenvalue weighted by Crippen LogP contribution is 2.38. The van der Waals surface area contributed by atoms with Gasteiger partial charge in [-0.15, -0.1) is 0 Å². The van der Waals surface area contributed by atoms with E-state index in [-0.39, 0.29) is 0 Å². The molecule has 2 aromatic carbocycles. The van der Waals surface area contributed by atoms with Crippen molar-refractivity contribution in [1.29, 1.82) is 0 Å². The summed E-state index contributed by atoms with van der Waals surface area (Å²) in [6.07, 6.45) is 5.18. The van der Waals surface area contributed by atoms with Gasteiger partial charge in [-0.3, -0.25) is 4.90 Å². The molecule has 1 N–H and O–H groups in total. The molecule has 0 saturated carbocycles. The zero-order valence-electron chi connectivity index (χ0n) is 12.4. The fraction of sp³-hybridized carbons (Fsp3) is 0.368. The molecule has 0 spiro atoms. The standard InChI is InChI=1S/C19H22N2/c1-6-12-21(13-7-1)19-14-15-8-2-4-10-17(15)20-18-11-5-3-9-16(18)19/h2-5,8-11,19-20H,1,6-7,12-14H2/t19-/m0/s1. The molecule has 0 aliphatic carbocycles. The third kappa shape index (κ3) is 2.44. The van der Waals surface area contributed by atoms with Crippen molar-refractivity contribution in [2.45, 2.75) is 31.7 Å². The Morgan fingerprint density at radius 3 is 2.38 bits per heavy atom. The van der Waals surface area contributed by atoms with Crippen molar-refractivity contribution in [2.75, 3.05) is 18.4 Å². The SMILES string of the molecule is c1ccc2c(c1)C[C@H](N1CCCCC1)c1ccccc1N2. The average molecular weight is 278 g/mol. The highest BCUT2D eigenvalue weighted by Gasteiger charge is 2.27. The van der Waals surface area contributed by atoms with E-state index in [2.05, 4.69) is 58.7 Å². The number of anilines is 2. The number of hydrogen-bond acceptors (Lipinski definition) is 2. The van der Waals surface area contributed by atoms with Gasteiger partial charge in [0.2, 0.25) is 0 Å². The van der Waals surface area contributed by atoms with Crippen LogP contribution in [0.3, 0.4) is 0 Å². The Labute approximate surface area is 126 Å². The summed E-state index contributed by atoms with van der Waals surface area (Å²) >= 11 is 0. The third-order valence-electron chi connectivity index (χ3n) is 4.85. The summed E-state index contributed by atoms with van der Waals surface area (Å²) in [6.45, 7) is 2.47. The number of hydrogen-bond donors (Lipinski definition) is 1. The number of fused-ring (bicyclic) bond motifs is 2. The van der Waals surface area contributed by atoms with Crippen molar-refractivity contribution in [3.05, 3.63) is 59.7 Å². The summed E-state index contributed by atoms with van der Waals surface area (Å²) in [6, 6.07) is 18.1. The molecule has 2 aliphatic heterocycles. The van der Waals surface area contributed by atoms with Crippen LogP contribution in [0.5, 0.6) is 0 Å². The molecule has 1 atom stereocenters. The lowest BCUT2D eigenvalue weighted by atomic mass is 9.95. The van der Waals surface area contributed by atoms with Crippen LogP contribution in [-0.2, 0) is 6.42 Å². The van der Waals surface area contributed by atoms with Gasteiger partial charge in [0.15, 0.2) is 0 Å². The number of nitrogens with one attached hydrogen (secondary N) is 1. The van der Waals surface area contributed by atoms with Gasteiger partial charge in [0.05, 0.1) is 0 Å². The van der Waals surface area contributed by atoms with Crippen LogP contribution in [-0.4, -0.2) is 18.0 Å². The van der Waals surface area contributed by atoms with Crippen LogP contribution in [0.4, 0.5) is 11.4 Å². The number of benzene rings is 2. The number of piperidine rings is 1. The molecule has 1 fully saturated rings. The van der Waals surface area contributed by atoms with Crippen molar-refractivity contribution in [2.24, 2.45) is 0 Å². The second kappa shape index (κ2) is 5.53. The highest BCUT2D eigenvalue weighted by atomic mass is 15.2. The minimum Gasteiger partial charge on any atom is -0.355 e. The first-order valence-electron chi connectivity index (χ1n) is 8.10. The zero-order valence-corrected chi connectivity index (χ0v) is 12.4. The Bertz CT molecular complexity index is 629. The summed E-state index contributed by atoms with van der Waals surface area (Å²) in [5, 5.41) is 3.65. The molecule has 4 rings (SSSR count). The molecule has 2 aliphatic rings. The lowest BCUT2D eigenvalue weighted by Gasteiger charge is -2.35. The van der Waals surface area contributed by atoms with E-state index < -0.39 is 0 Å². The smallest absolute Gasteiger partial charge is 0.0433 e. The van der Waals surface area contributed by atoms with Crippen LogP contribution >= 0.6 is 0 Å². The second-order valence-electron chi connectivity index (χ2n) is 6.19. The molecule has 0 radical (unpaired) electrons. The molecule has 21 heavy (non-hydrogen) atoms. The number of para-hydroxylation sites is 2. The van der Waals surface area contributed by atoms with E-state index in [1.165, 1.54) is 54.9 Å². The van der Waals surface area contributed by atoms with Gasteiger partial charge in [-0.25, -0.2) is 0 Å². The Morgan fingerprint density at radius 1 is 0.810 bits per heavy atom. The van der Waals surface area contributed by atoms with Gasteiger partial charge in [-0.2, -0.15) is 0 Å². The quantitative estimate of drug-likeness (QED) is 0.825. The van der Waals surface area contributed by atoms with E-state index >= 15 is 0 Å². The van der Waals surface area contributed by atoms with E-state index in [9.17, 15) is 0 Å². The van der Waals surface area contributed by atoms with Gasteiger partial charge in [-0.1, -0.05) is 42.8 Å². The first-order valence-corrected chi connectivity index (χ1v) is 8.10. The largest absolute Gasteiger partial charge is 0.355 e. The van der Waals surface area contributed by atoms with Crippen molar-refractivity contribution < 1.29 is 0 Å². The van der Waals surface area contributed by atoms with E-state index in [1.54, 1.807) is 0 Å². The normalized spacial score (nSPS) is 21.8. The Kier molecular flexibility index (Phi) is 3.40. The molecule has 2 heterocycles. The minimum atomic E-state index is 0.512. The van der Waals surface area contributed by atoms with Gasteiger partial charge in [0.25, 0.3) is 0 Å². The van der Waals surface area contributed by atoms with E-state index in [0.717, 1.165) is 6.42 Å². The molecule has 2 aromatic rings. The summed E-state index contributed by atoms with van der Waals surface area (Å²) in [4.78, 5) is 2.69. The molecule has 2 nitrogen and oxygen atoms in total. The molecule has 1 saturated heterocycles.